The summed E-state index contributed by atoms with van der Waals surface area (Å²) >= 11 is 0. The van der Waals surface area contributed by atoms with Gasteiger partial charge in [-0.15, -0.1) is 0 Å². The van der Waals surface area contributed by atoms with Gasteiger partial charge < -0.3 is 21.1 Å². The number of aromatic nitrogens is 2. The molecule has 0 saturated carbocycles. The molecule has 0 bridgehead atoms. The Morgan fingerprint density at radius 2 is 1.90 bits per heavy atom. The normalized spacial score (nSPS) is 15.7. The molecule has 31 heavy (non-hydrogen) atoms. The average Bonchev–Trinajstić information content (AvgIpc) is 2.79. The van der Waals surface area contributed by atoms with Crippen molar-refractivity contribution in [3.05, 3.63) is 65.4 Å². The smallest absolute Gasteiger partial charge is 0.222 e. The summed E-state index contributed by atoms with van der Waals surface area (Å²) in [6, 6.07) is 17.7. The number of nitrogen functional groups attached to an aromatic ring is 2. The van der Waals surface area contributed by atoms with Gasteiger partial charge in [0.2, 0.25) is 5.95 Å². The molecule has 1 aromatic heterocycles. The minimum absolute atomic E-state index is 0.224. The fraction of sp³-hybridized carbons (Fsp3) is 0.360. The SMILES string of the molecule is CCc1nc(N)nc(N)c1-c1ccc2c(c1)N(CCCOC)[C@H](c1ccccc1)CC2. The van der Waals surface area contributed by atoms with Crippen LogP contribution in [0.2, 0.25) is 0 Å². The summed E-state index contributed by atoms with van der Waals surface area (Å²) in [4.78, 5) is 11.2. The maximum absolute atomic E-state index is 6.30. The number of rotatable bonds is 7. The van der Waals surface area contributed by atoms with Crippen LogP contribution in [-0.2, 0) is 17.6 Å². The first-order valence-corrected chi connectivity index (χ1v) is 11.0. The first kappa shape index (κ1) is 21.1. The Balaban J connectivity index is 1.78. The van der Waals surface area contributed by atoms with Crippen molar-refractivity contribution < 1.29 is 4.74 Å². The van der Waals surface area contributed by atoms with E-state index < -0.39 is 0 Å². The van der Waals surface area contributed by atoms with Gasteiger partial charge >= 0.3 is 0 Å². The first-order chi connectivity index (χ1) is 15.1. The number of aryl methyl sites for hydroxylation is 2. The zero-order valence-corrected chi connectivity index (χ0v) is 18.3. The summed E-state index contributed by atoms with van der Waals surface area (Å²) < 4.78 is 5.34. The van der Waals surface area contributed by atoms with E-state index >= 15 is 0 Å². The van der Waals surface area contributed by atoms with E-state index in [0.29, 0.717) is 11.9 Å². The second kappa shape index (κ2) is 9.35. The Labute approximate surface area is 184 Å². The molecule has 0 radical (unpaired) electrons. The lowest BCUT2D eigenvalue weighted by Gasteiger charge is -2.40. The van der Waals surface area contributed by atoms with Crippen LogP contribution < -0.4 is 16.4 Å². The van der Waals surface area contributed by atoms with E-state index in [0.717, 1.165) is 55.7 Å². The van der Waals surface area contributed by atoms with E-state index in [2.05, 4.69) is 70.3 Å². The van der Waals surface area contributed by atoms with Gasteiger partial charge in [0, 0.05) is 31.5 Å². The third kappa shape index (κ3) is 4.35. The number of benzene rings is 2. The predicted molar refractivity (Wildman–Crippen MR) is 127 cm³/mol. The van der Waals surface area contributed by atoms with Gasteiger partial charge in [0.1, 0.15) is 5.82 Å². The molecular weight excluding hydrogens is 386 g/mol. The van der Waals surface area contributed by atoms with Gasteiger partial charge in [-0.2, -0.15) is 4.98 Å². The van der Waals surface area contributed by atoms with Crippen LogP contribution in [-0.4, -0.2) is 30.2 Å². The second-order valence-corrected chi connectivity index (χ2v) is 7.99. The van der Waals surface area contributed by atoms with E-state index in [4.69, 9.17) is 16.2 Å². The predicted octanol–water partition coefficient (Wildman–Crippen LogP) is 4.40. The molecule has 0 fully saturated rings. The molecule has 0 spiro atoms. The minimum Gasteiger partial charge on any atom is -0.385 e. The highest BCUT2D eigenvalue weighted by molar-refractivity contribution is 5.80. The summed E-state index contributed by atoms with van der Waals surface area (Å²) in [6.07, 6.45) is 3.85. The monoisotopic (exact) mass is 417 g/mol. The zero-order chi connectivity index (χ0) is 21.8. The number of nitrogens with zero attached hydrogens (tertiary/aromatic N) is 3. The number of nitrogens with two attached hydrogens (primary N) is 2. The third-order valence-electron chi connectivity index (χ3n) is 6.04. The number of hydrogen-bond acceptors (Lipinski definition) is 6. The molecule has 1 aliphatic rings. The van der Waals surface area contributed by atoms with E-state index in [1.165, 1.54) is 16.8 Å². The van der Waals surface area contributed by atoms with Gasteiger partial charge in [-0.25, -0.2) is 4.98 Å². The summed E-state index contributed by atoms with van der Waals surface area (Å²) in [5.41, 5.74) is 18.9. The number of anilines is 3. The molecular formula is C25H31N5O. The molecule has 2 aromatic carbocycles. The molecule has 4 N–H and O–H groups in total. The van der Waals surface area contributed by atoms with E-state index in [1.807, 2.05) is 0 Å². The molecule has 0 aliphatic carbocycles. The van der Waals surface area contributed by atoms with Crippen molar-refractivity contribution in [3.63, 3.8) is 0 Å². The quantitative estimate of drug-likeness (QED) is 0.554. The van der Waals surface area contributed by atoms with Gasteiger partial charge in [-0.05, 0) is 48.4 Å². The van der Waals surface area contributed by atoms with Crippen molar-refractivity contribution in [1.82, 2.24) is 9.97 Å². The number of fused-ring (bicyclic) bond motifs is 1. The lowest BCUT2D eigenvalue weighted by atomic mass is 9.89. The van der Waals surface area contributed by atoms with Gasteiger partial charge in [-0.3, -0.25) is 0 Å². The minimum atomic E-state index is 0.224. The highest BCUT2D eigenvalue weighted by Gasteiger charge is 2.28. The molecule has 6 heteroatoms. The van der Waals surface area contributed by atoms with Crippen LogP contribution in [0.1, 0.15) is 42.6 Å². The molecule has 1 atom stereocenters. The van der Waals surface area contributed by atoms with Crippen LogP contribution in [0.4, 0.5) is 17.5 Å². The van der Waals surface area contributed by atoms with Crippen LogP contribution in [0.25, 0.3) is 11.1 Å². The molecule has 162 valence electrons. The van der Waals surface area contributed by atoms with Crippen LogP contribution in [0, 0.1) is 0 Å². The molecule has 2 heterocycles. The van der Waals surface area contributed by atoms with Crippen LogP contribution in [0.15, 0.2) is 48.5 Å². The Hall–Kier alpha value is -3.12. The van der Waals surface area contributed by atoms with E-state index in [-0.39, 0.29) is 5.95 Å². The third-order valence-corrected chi connectivity index (χ3v) is 6.04. The number of ether oxygens (including phenoxy) is 1. The molecule has 6 nitrogen and oxygen atoms in total. The summed E-state index contributed by atoms with van der Waals surface area (Å²) in [5, 5.41) is 0. The van der Waals surface area contributed by atoms with Gasteiger partial charge in [0.25, 0.3) is 0 Å². The number of methoxy groups -OCH3 is 1. The van der Waals surface area contributed by atoms with Crippen molar-refractivity contribution in [2.45, 2.75) is 38.6 Å². The van der Waals surface area contributed by atoms with Crippen molar-refractivity contribution in [2.75, 3.05) is 36.6 Å². The molecule has 0 unspecified atom stereocenters. The van der Waals surface area contributed by atoms with Crippen molar-refractivity contribution >= 4 is 17.5 Å². The Morgan fingerprint density at radius 1 is 1.10 bits per heavy atom. The fourth-order valence-electron chi connectivity index (χ4n) is 4.61. The maximum Gasteiger partial charge on any atom is 0.222 e. The lowest BCUT2D eigenvalue weighted by Crippen LogP contribution is -2.34. The summed E-state index contributed by atoms with van der Waals surface area (Å²) in [7, 11) is 1.76. The Morgan fingerprint density at radius 3 is 2.65 bits per heavy atom. The Bertz CT molecular complexity index is 1040. The summed E-state index contributed by atoms with van der Waals surface area (Å²) in [5.74, 6) is 0.659. The number of hydrogen-bond donors (Lipinski definition) is 2. The fourth-order valence-corrected chi connectivity index (χ4v) is 4.61. The average molecular weight is 418 g/mol. The maximum atomic E-state index is 6.30. The second-order valence-electron chi connectivity index (χ2n) is 7.99. The molecule has 4 rings (SSSR count). The molecule has 0 saturated heterocycles. The van der Waals surface area contributed by atoms with Gasteiger partial charge in [0.05, 0.1) is 11.7 Å². The standard InChI is InChI=1S/C25H31N5O/c1-3-20-23(24(26)29-25(27)28-20)19-11-10-18-12-13-21(17-8-5-4-6-9-17)30(22(18)16-19)14-7-15-31-2/h4-6,8-11,16,21H,3,7,12-15H2,1-2H3,(H4,26,27,28,29)/t21-/m0/s1. The van der Waals surface area contributed by atoms with Crippen LogP contribution in [0.3, 0.4) is 0 Å². The topological polar surface area (TPSA) is 90.3 Å². The largest absolute Gasteiger partial charge is 0.385 e. The Kier molecular flexibility index (Phi) is 6.37. The van der Waals surface area contributed by atoms with Crippen molar-refractivity contribution in [2.24, 2.45) is 0 Å². The molecule has 1 aliphatic heterocycles. The van der Waals surface area contributed by atoms with E-state index in [9.17, 15) is 0 Å². The first-order valence-electron chi connectivity index (χ1n) is 11.0. The van der Waals surface area contributed by atoms with Crippen LogP contribution >= 0.6 is 0 Å². The highest BCUT2D eigenvalue weighted by atomic mass is 16.5. The molecule has 3 aromatic rings. The van der Waals surface area contributed by atoms with Gasteiger partial charge in [-0.1, -0.05) is 49.4 Å². The van der Waals surface area contributed by atoms with Crippen molar-refractivity contribution in [1.29, 1.82) is 0 Å². The summed E-state index contributed by atoms with van der Waals surface area (Å²) in [6.45, 7) is 3.73. The van der Waals surface area contributed by atoms with Gasteiger partial charge in [0.15, 0.2) is 0 Å². The highest BCUT2D eigenvalue weighted by Crippen LogP contribution is 2.41. The van der Waals surface area contributed by atoms with E-state index in [1.54, 1.807) is 7.11 Å². The zero-order valence-electron chi connectivity index (χ0n) is 18.3. The van der Waals surface area contributed by atoms with Crippen LogP contribution in [0.5, 0.6) is 0 Å². The van der Waals surface area contributed by atoms with Crippen molar-refractivity contribution in [3.8, 4) is 11.1 Å². The lowest BCUT2D eigenvalue weighted by molar-refractivity contribution is 0.195. The molecule has 0 amide bonds.